The summed E-state index contributed by atoms with van der Waals surface area (Å²) >= 11 is 5.94. The van der Waals surface area contributed by atoms with Crippen LogP contribution in [0.1, 0.15) is 43.7 Å². The molecule has 0 spiro atoms. The van der Waals surface area contributed by atoms with Gasteiger partial charge in [-0.2, -0.15) is 0 Å². The van der Waals surface area contributed by atoms with Gasteiger partial charge in [-0.05, 0) is 49.3 Å². The van der Waals surface area contributed by atoms with Gasteiger partial charge < -0.3 is 10.6 Å². The lowest BCUT2D eigenvalue weighted by Gasteiger charge is -2.19. The van der Waals surface area contributed by atoms with Crippen LogP contribution in [0.25, 0.3) is 0 Å². The van der Waals surface area contributed by atoms with E-state index in [0.29, 0.717) is 24.4 Å². The molecule has 1 atom stereocenters. The van der Waals surface area contributed by atoms with Crippen LogP contribution in [0.4, 0.5) is 0 Å². The molecule has 0 bridgehead atoms. The quantitative estimate of drug-likeness (QED) is 0.811. The first-order valence-corrected chi connectivity index (χ1v) is 7.88. The minimum absolute atomic E-state index is 0.172. The van der Waals surface area contributed by atoms with E-state index in [1.54, 1.807) is 0 Å². The largest absolute Gasteiger partial charge is 0.353 e. The maximum atomic E-state index is 11.7. The summed E-state index contributed by atoms with van der Waals surface area (Å²) in [5, 5.41) is 7.33. The molecule has 20 heavy (non-hydrogen) atoms. The van der Waals surface area contributed by atoms with E-state index in [2.05, 4.69) is 22.8 Å². The molecule has 2 aliphatic rings. The highest BCUT2D eigenvalue weighted by molar-refractivity contribution is 6.30. The predicted octanol–water partition coefficient (Wildman–Crippen LogP) is 3.05. The maximum absolute atomic E-state index is 11.7. The Labute approximate surface area is 125 Å². The van der Waals surface area contributed by atoms with Crippen LogP contribution < -0.4 is 10.6 Å². The molecule has 0 radical (unpaired) electrons. The Hall–Kier alpha value is -1.06. The van der Waals surface area contributed by atoms with E-state index in [0.717, 1.165) is 24.4 Å². The third-order valence-electron chi connectivity index (χ3n) is 3.98. The third kappa shape index (κ3) is 3.97. The van der Waals surface area contributed by atoms with E-state index in [4.69, 9.17) is 11.6 Å². The van der Waals surface area contributed by atoms with Crippen molar-refractivity contribution in [3.63, 3.8) is 0 Å². The molecule has 2 N–H and O–H groups in total. The number of amides is 1. The number of carbonyl (C=O) groups is 1. The van der Waals surface area contributed by atoms with E-state index in [1.165, 1.54) is 18.4 Å². The lowest BCUT2D eigenvalue weighted by Crippen LogP contribution is -2.31. The Morgan fingerprint density at radius 2 is 1.90 bits per heavy atom. The van der Waals surface area contributed by atoms with Crippen LogP contribution in [0.2, 0.25) is 5.02 Å². The highest BCUT2D eigenvalue weighted by Crippen LogP contribution is 2.41. The van der Waals surface area contributed by atoms with Crippen molar-refractivity contribution < 1.29 is 4.79 Å². The molecule has 1 amide bonds. The van der Waals surface area contributed by atoms with Crippen molar-refractivity contribution in [1.82, 2.24) is 10.6 Å². The number of benzene rings is 1. The second kappa shape index (κ2) is 6.15. The van der Waals surface area contributed by atoms with E-state index < -0.39 is 0 Å². The Morgan fingerprint density at radius 1 is 1.20 bits per heavy atom. The Morgan fingerprint density at radius 3 is 2.50 bits per heavy atom. The number of hydrogen-bond acceptors (Lipinski definition) is 2. The van der Waals surface area contributed by atoms with Crippen molar-refractivity contribution in [2.45, 2.75) is 44.2 Å². The van der Waals surface area contributed by atoms with Crippen molar-refractivity contribution in [1.29, 1.82) is 0 Å². The van der Waals surface area contributed by atoms with Gasteiger partial charge in [-0.25, -0.2) is 0 Å². The molecule has 3 rings (SSSR count). The summed E-state index contributed by atoms with van der Waals surface area (Å²) in [6.45, 7) is 0.738. The van der Waals surface area contributed by atoms with Gasteiger partial charge in [0, 0.05) is 30.1 Å². The van der Waals surface area contributed by atoms with Crippen molar-refractivity contribution in [3.05, 3.63) is 34.9 Å². The second-order valence-corrected chi connectivity index (χ2v) is 6.35. The van der Waals surface area contributed by atoms with Crippen LogP contribution >= 0.6 is 11.6 Å². The van der Waals surface area contributed by atoms with Crippen LogP contribution in [0.15, 0.2) is 24.3 Å². The number of hydrogen-bond donors (Lipinski definition) is 2. The molecule has 3 nitrogen and oxygen atoms in total. The Bertz CT molecular complexity index is 466. The van der Waals surface area contributed by atoms with Crippen molar-refractivity contribution in [3.8, 4) is 0 Å². The Balaban J connectivity index is 1.49. The molecular weight excluding hydrogens is 272 g/mol. The van der Waals surface area contributed by atoms with Gasteiger partial charge >= 0.3 is 0 Å². The predicted molar refractivity (Wildman–Crippen MR) is 80.7 cm³/mol. The second-order valence-electron chi connectivity index (χ2n) is 5.91. The normalized spacial score (nSPS) is 19.6. The van der Waals surface area contributed by atoms with Crippen LogP contribution in [0, 0.1) is 5.92 Å². The zero-order valence-electron chi connectivity index (χ0n) is 11.6. The summed E-state index contributed by atoms with van der Waals surface area (Å²) in [6, 6.07) is 8.87. The van der Waals surface area contributed by atoms with Crippen LogP contribution in [0.3, 0.4) is 0 Å². The first-order valence-electron chi connectivity index (χ1n) is 7.50. The number of rotatable bonds is 7. The van der Waals surface area contributed by atoms with Crippen molar-refractivity contribution in [2.24, 2.45) is 5.92 Å². The highest BCUT2D eigenvalue weighted by atomic mass is 35.5. The standard InChI is InChI=1S/C16H21ClN2O/c17-13-5-3-12(4-6-13)16(11-1-2-11)18-10-9-15(20)19-14-7-8-14/h3-6,11,14,16,18H,1-2,7-10H2,(H,19,20). The van der Waals surface area contributed by atoms with E-state index in [9.17, 15) is 4.79 Å². The monoisotopic (exact) mass is 292 g/mol. The summed E-state index contributed by atoms with van der Waals surface area (Å²) in [7, 11) is 0. The molecule has 0 saturated heterocycles. The molecule has 1 aromatic rings. The van der Waals surface area contributed by atoms with Gasteiger partial charge in [-0.1, -0.05) is 23.7 Å². The number of halogens is 1. The van der Waals surface area contributed by atoms with E-state index >= 15 is 0 Å². The summed E-state index contributed by atoms with van der Waals surface area (Å²) in [5.74, 6) is 0.883. The average molecular weight is 293 g/mol. The number of nitrogens with one attached hydrogen (secondary N) is 2. The third-order valence-corrected chi connectivity index (χ3v) is 4.23. The molecule has 2 saturated carbocycles. The van der Waals surface area contributed by atoms with Gasteiger partial charge in [0.05, 0.1) is 0 Å². The zero-order valence-corrected chi connectivity index (χ0v) is 12.3. The molecule has 2 aliphatic carbocycles. The summed E-state index contributed by atoms with van der Waals surface area (Å²) in [6.07, 6.45) is 5.40. The lowest BCUT2D eigenvalue weighted by molar-refractivity contribution is -0.121. The maximum Gasteiger partial charge on any atom is 0.221 e. The van der Waals surface area contributed by atoms with Crippen molar-refractivity contribution in [2.75, 3.05) is 6.54 Å². The molecule has 2 fully saturated rings. The van der Waals surface area contributed by atoms with Crippen LogP contribution in [0.5, 0.6) is 0 Å². The smallest absolute Gasteiger partial charge is 0.221 e. The molecule has 1 unspecified atom stereocenters. The number of carbonyl (C=O) groups excluding carboxylic acids is 1. The fraction of sp³-hybridized carbons (Fsp3) is 0.562. The average Bonchev–Trinajstić information content (AvgIpc) is 3.30. The first kappa shape index (κ1) is 13.9. The van der Waals surface area contributed by atoms with Gasteiger partial charge in [-0.3, -0.25) is 4.79 Å². The van der Waals surface area contributed by atoms with E-state index in [-0.39, 0.29) is 5.91 Å². The van der Waals surface area contributed by atoms with E-state index in [1.807, 2.05) is 12.1 Å². The molecule has 0 aromatic heterocycles. The highest BCUT2D eigenvalue weighted by Gasteiger charge is 2.32. The molecular formula is C16H21ClN2O. The van der Waals surface area contributed by atoms with Gasteiger partial charge in [0.15, 0.2) is 0 Å². The fourth-order valence-corrected chi connectivity index (χ4v) is 2.65. The molecule has 108 valence electrons. The molecule has 0 heterocycles. The minimum Gasteiger partial charge on any atom is -0.353 e. The van der Waals surface area contributed by atoms with Gasteiger partial charge in [-0.15, -0.1) is 0 Å². The summed E-state index contributed by atoms with van der Waals surface area (Å²) in [4.78, 5) is 11.7. The van der Waals surface area contributed by atoms with Crippen LogP contribution in [-0.4, -0.2) is 18.5 Å². The zero-order chi connectivity index (χ0) is 13.9. The van der Waals surface area contributed by atoms with Gasteiger partial charge in [0.25, 0.3) is 0 Å². The summed E-state index contributed by atoms with van der Waals surface area (Å²) < 4.78 is 0. The topological polar surface area (TPSA) is 41.1 Å². The SMILES string of the molecule is O=C(CCNC(c1ccc(Cl)cc1)C1CC1)NC1CC1. The minimum atomic E-state index is 0.172. The molecule has 4 heteroatoms. The molecule has 1 aromatic carbocycles. The van der Waals surface area contributed by atoms with Crippen LogP contribution in [-0.2, 0) is 4.79 Å². The van der Waals surface area contributed by atoms with Gasteiger partial charge in [0.2, 0.25) is 5.91 Å². The van der Waals surface area contributed by atoms with Crippen molar-refractivity contribution >= 4 is 17.5 Å². The first-order chi connectivity index (χ1) is 9.72. The van der Waals surface area contributed by atoms with Gasteiger partial charge in [0.1, 0.15) is 0 Å². The fourth-order valence-electron chi connectivity index (χ4n) is 2.53. The molecule has 0 aliphatic heterocycles. The lowest BCUT2D eigenvalue weighted by atomic mass is 10.0. The summed E-state index contributed by atoms with van der Waals surface area (Å²) in [5.41, 5.74) is 1.28. The Kier molecular flexibility index (Phi) is 4.27.